The second-order valence-electron chi connectivity index (χ2n) is 5.24. The summed E-state index contributed by atoms with van der Waals surface area (Å²) in [6.45, 7) is 2.46. The van der Waals surface area contributed by atoms with E-state index in [1.807, 2.05) is 0 Å². The van der Waals surface area contributed by atoms with Crippen LogP contribution in [0.3, 0.4) is 0 Å². The molecule has 0 radical (unpaired) electrons. The van der Waals surface area contributed by atoms with Crippen molar-refractivity contribution in [2.75, 3.05) is 19.6 Å². The number of aliphatic hydroxyl groups excluding tert-OH is 2. The van der Waals surface area contributed by atoms with Crippen LogP contribution in [-0.4, -0.2) is 47.0 Å². The number of nitrogens with zero attached hydrogens (tertiary/aromatic N) is 1. The van der Waals surface area contributed by atoms with Crippen molar-refractivity contribution in [3.8, 4) is 0 Å². The topological polar surface area (TPSA) is 43.7 Å². The Morgan fingerprint density at radius 1 is 1.20 bits per heavy atom. The van der Waals surface area contributed by atoms with Gasteiger partial charge in [-0.15, -0.1) is 0 Å². The predicted octanol–water partition coefficient (Wildman–Crippen LogP) is 0.994. The smallest absolute Gasteiger partial charge is 0.0679 e. The number of hydrogen-bond acceptors (Lipinski definition) is 3. The lowest BCUT2D eigenvalue weighted by molar-refractivity contribution is 0.0932. The molecule has 2 fully saturated rings. The maximum Gasteiger partial charge on any atom is 0.0679 e. The molecule has 0 spiro atoms. The summed E-state index contributed by atoms with van der Waals surface area (Å²) >= 11 is 0. The van der Waals surface area contributed by atoms with Crippen LogP contribution in [0, 0.1) is 5.92 Å². The van der Waals surface area contributed by atoms with E-state index in [0.717, 1.165) is 38.4 Å². The Bertz CT molecular complexity index is 192. The van der Waals surface area contributed by atoms with Gasteiger partial charge < -0.3 is 10.2 Å². The molecule has 1 heterocycles. The minimum Gasteiger partial charge on any atom is -0.392 e. The third-order valence-corrected chi connectivity index (χ3v) is 3.80. The molecule has 3 nitrogen and oxygen atoms in total. The quantitative estimate of drug-likeness (QED) is 0.732. The van der Waals surface area contributed by atoms with E-state index in [-0.39, 0.29) is 12.2 Å². The summed E-state index contributed by atoms with van der Waals surface area (Å²) < 4.78 is 0. The van der Waals surface area contributed by atoms with Crippen LogP contribution in [0.4, 0.5) is 0 Å². The molecule has 1 saturated carbocycles. The standard InChI is InChI=1S/C12H23NO2/c14-11-5-6-13(8-11)9-12(15)7-10-3-1-2-4-10/h10-12,14-15H,1-9H2/t11-,12?/m1/s1. The summed E-state index contributed by atoms with van der Waals surface area (Å²) in [7, 11) is 0. The fourth-order valence-electron chi connectivity index (χ4n) is 2.98. The predicted molar refractivity (Wildman–Crippen MR) is 59.6 cm³/mol. The highest BCUT2D eigenvalue weighted by molar-refractivity contribution is 4.78. The van der Waals surface area contributed by atoms with Gasteiger partial charge in [0.25, 0.3) is 0 Å². The monoisotopic (exact) mass is 213 g/mol. The summed E-state index contributed by atoms with van der Waals surface area (Å²) in [6, 6.07) is 0. The average molecular weight is 213 g/mol. The zero-order valence-electron chi connectivity index (χ0n) is 9.44. The van der Waals surface area contributed by atoms with Gasteiger partial charge in [-0.3, -0.25) is 4.90 Å². The summed E-state index contributed by atoms with van der Waals surface area (Å²) in [4.78, 5) is 2.18. The maximum absolute atomic E-state index is 9.93. The van der Waals surface area contributed by atoms with Crippen LogP contribution in [-0.2, 0) is 0 Å². The molecule has 1 aliphatic heterocycles. The molecule has 1 unspecified atom stereocenters. The van der Waals surface area contributed by atoms with Crippen LogP contribution < -0.4 is 0 Å². The number of hydrogen-bond donors (Lipinski definition) is 2. The molecule has 0 aromatic rings. The van der Waals surface area contributed by atoms with Gasteiger partial charge >= 0.3 is 0 Å². The van der Waals surface area contributed by atoms with Gasteiger partial charge in [0, 0.05) is 19.6 Å². The zero-order valence-corrected chi connectivity index (χ0v) is 9.44. The van der Waals surface area contributed by atoms with Gasteiger partial charge in [-0.2, -0.15) is 0 Å². The van der Waals surface area contributed by atoms with E-state index in [1.165, 1.54) is 25.7 Å². The molecule has 3 heteroatoms. The van der Waals surface area contributed by atoms with Crippen LogP contribution >= 0.6 is 0 Å². The molecule has 15 heavy (non-hydrogen) atoms. The Hall–Kier alpha value is -0.120. The Kier molecular flexibility index (Phi) is 4.00. The first-order chi connectivity index (χ1) is 7.24. The Morgan fingerprint density at radius 3 is 2.53 bits per heavy atom. The average Bonchev–Trinajstić information content (AvgIpc) is 2.77. The highest BCUT2D eigenvalue weighted by atomic mass is 16.3. The first-order valence-corrected chi connectivity index (χ1v) is 6.32. The largest absolute Gasteiger partial charge is 0.392 e. The highest BCUT2D eigenvalue weighted by Gasteiger charge is 2.24. The molecular weight excluding hydrogens is 190 g/mol. The van der Waals surface area contributed by atoms with Gasteiger partial charge in [-0.25, -0.2) is 0 Å². The fourth-order valence-corrected chi connectivity index (χ4v) is 2.98. The first-order valence-electron chi connectivity index (χ1n) is 6.32. The third kappa shape index (κ3) is 3.44. The van der Waals surface area contributed by atoms with E-state index in [9.17, 15) is 10.2 Å². The van der Waals surface area contributed by atoms with E-state index in [1.54, 1.807) is 0 Å². The van der Waals surface area contributed by atoms with Crippen LogP contribution in [0.1, 0.15) is 38.5 Å². The van der Waals surface area contributed by atoms with Crippen molar-refractivity contribution in [3.63, 3.8) is 0 Å². The van der Waals surface area contributed by atoms with Gasteiger partial charge in [0.1, 0.15) is 0 Å². The van der Waals surface area contributed by atoms with Gasteiger partial charge in [0.2, 0.25) is 0 Å². The zero-order chi connectivity index (χ0) is 10.7. The van der Waals surface area contributed by atoms with Crippen LogP contribution in [0.15, 0.2) is 0 Å². The van der Waals surface area contributed by atoms with Gasteiger partial charge in [-0.1, -0.05) is 25.7 Å². The summed E-state index contributed by atoms with van der Waals surface area (Å²) in [5.74, 6) is 0.757. The SMILES string of the molecule is OC(CC1CCCC1)CN1CC[C@@H](O)C1. The summed E-state index contributed by atoms with van der Waals surface area (Å²) in [5.41, 5.74) is 0. The maximum atomic E-state index is 9.93. The van der Waals surface area contributed by atoms with Gasteiger partial charge in [-0.05, 0) is 18.8 Å². The molecule has 2 rings (SSSR count). The van der Waals surface area contributed by atoms with Crippen LogP contribution in [0.25, 0.3) is 0 Å². The molecule has 88 valence electrons. The number of aliphatic hydroxyl groups is 2. The van der Waals surface area contributed by atoms with Crippen molar-refractivity contribution < 1.29 is 10.2 Å². The second-order valence-corrected chi connectivity index (χ2v) is 5.24. The molecule has 2 atom stereocenters. The molecule has 2 aliphatic rings. The molecule has 0 aromatic carbocycles. The lowest BCUT2D eigenvalue weighted by Crippen LogP contribution is -2.32. The van der Waals surface area contributed by atoms with E-state index in [4.69, 9.17) is 0 Å². The Balaban J connectivity index is 1.65. The Morgan fingerprint density at radius 2 is 1.93 bits per heavy atom. The van der Waals surface area contributed by atoms with Crippen molar-refractivity contribution >= 4 is 0 Å². The highest BCUT2D eigenvalue weighted by Crippen LogP contribution is 2.28. The number of likely N-dealkylation sites (tertiary alicyclic amines) is 1. The molecular formula is C12H23NO2. The van der Waals surface area contributed by atoms with E-state index in [0.29, 0.717) is 0 Å². The van der Waals surface area contributed by atoms with Crippen molar-refractivity contribution in [3.05, 3.63) is 0 Å². The first kappa shape index (κ1) is 11.4. The molecule has 2 N–H and O–H groups in total. The molecule has 0 aromatic heterocycles. The Labute approximate surface area is 92.1 Å². The minimum absolute atomic E-state index is 0.163. The van der Waals surface area contributed by atoms with Gasteiger partial charge in [0.05, 0.1) is 12.2 Å². The van der Waals surface area contributed by atoms with Crippen LogP contribution in [0.2, 0.25) is 0 Å². The normalized spacial score (nSPS) is 31.2. The van der Waals surface area contributed by atoms with Crippen molar-refractivity contribution in [1.29, 1.82) is 0 Å². The number of β-amino-alcohol motifs (C(OH)–C–C–N with tert-alkyl or cyclic N) is 2. The van der Waals surface area contributed by atoms with Crippen LogP contribution in [0.5, 0.6) is 0 Å². The molecule has 0 amide bonds. The van der Waals surface area contributed by atoms with E-state index in [2.05, 4.69) is 4.90 Å². The van der Waals surface area contributed by atoms with Crippen molar-refractivity contribution in [2.24, 2.45) is 5.92 Å². The van der Waals surface area contributed by atoms with E-state index < -0.39 is 0 Å². The molecule has 0 bridgehead atoms. The fraction of sp³-hybridized carbons (Fsp3) is 1.00. The van der Waals surface area contributed by atoms with Crippen molar-refractivity contribution in [1.82, 2.24) is 4.90 Å². The molecule has 1 aliphatic carbocycles. The summed E-state index contributed by atoms with van der Waals surface area (Å²) in [5, 5.41) is 19.3. The molecule has 1 saturated heterocycles. The number of rotatable bonds is 4. The minimum atomic E-state index is -0.182. The third-order valence-electron chi connectivity index (χ3n) is 3.80. The lowest BCUT2D eigenvalue weighted by Gasteiger charge is -2.21. The van der Waals surface area contributed by atoms with Gasteiger partial charge in [0.15, 0.2) is 0 Å². The van der Waals surface area contributed by atoms with E-state index >= 15 is 0 Å². The second kappa shape index (κ2) is 5.28. The lowest BCUT2D eigenvalue weighted by atomic mass is 10.00. The summed E-state index contributed by atoms with van der Waals surface area (Å²) in [6.07, 6.45) is 6.80. The van der Waals surface area contributed by atoms with Crippen molar-refractivity contribution in [2.45, 2.75) is 50.7 Å².